The minimum atomic E-state index is 0.0520. The Morgan fingerprint density at radius 2 is 2.10 bits per heavy atom. The molecule has 1 aromatic carbocycles. The number of benzene rings is 1. The highest BCUT2D eigenvalue weighted by Gasteiger charge is 2.35. The molecule has 0 spiro atoms. The molecule has 1 saturated heterocycles. The molecule has 1 aliphatic heterocycles. The Bertz CT molecular complexity index is 711. The molecule has 2 aromatic rings. The van der Waals surface area contributed by atoms with Crippen LogP contribution in [0.25, 0.3) is 16.1 Å². The normalized spacial score (nSPS) is 16.2. The van der Waals surface area contributed by atoms with Crippen LogP contribution >= 0.6 is 15.9 Å². The van der Waals surface area contributed by atoms with E-state index < -0.39 is 0 Å². The molecule has 1 aliphatic rings. The van der Waals surface area contributed by atoms with Gasteiger partial charge in [0.05, 0.1) is 26.3 Å². The summed E-state index contributed by atoms with van der Waals surface area (Å²) in [5.74, 6) is 0.427. The van der Waals surface area contributed by atoms with Gasteiger partial charge in [0.25, 0.3) is 5.69 Å². The monoisotopic (exact) mass is 346 g/mol. The van der Waals surface area contributed by atoms with Crippen LogP contribution in [-0.4, -0.2) is 23.0 Å². The maximum Gasteiger partial charge on any atom is 0.254 e. The largest absolute Gasteiger partial charge is 0.393 e. The van der Waals surface area contributed by atoms with Crippen LogP contribution in [0, 0.1) is 12.0 Å². The molecule has 108 valence electrons. The molecule has 0 aliphatic carbocycles. The quantitative estimate of drug-likeness (QED) is 0.865. The molecule has 0 radical (unpaired) electrons. The summed E-state index contributed by atoms with van der Waals surface area (Å²) < 4.78 is 7.98. The Labute approximate surface area is 131 Å². The molecule has 5 nitrogen and oxygen atoms in total. The Morgan fingerprint density at radius 1 is 1.43 bits per heavy atom. The van der Waals surface area contributed by atoms with Crippen LogP contribution in [0.15, 0.2) is 28.7 Å². The standard InChI is InChI=1S/C15H15BrN4O/c1-15(8-21-9-15)7-20-14(17)13(18-2)12(19-20)10-3-5-11(16)6-4-10/h3-6H,7-9,17H2,1H3. The molecule has 21 heavy (non-hydrogen) atoms. The summed E-state index contributed by atoms with van der Waals surface area (Å²) in [6.45, 7) is 11.6. The molecule has 2 heterocycles. The summed E-state index contributed by atoms with van der Waals surface area (Å²) in [5, 5.41) is 4.55. The van der Waals surface area contributed by atoms with Gasteiger partial charge < -0.3 is 10.5 Å². The Balaban J connectivity index is 2.01. The highest BCUT2D eigenvalue weighted by Crippen LogP contribution is 2.37. The van der Waals surface area contributed by atoms with Gasteiger partial charge in [-0.15, -0.1) is 0 Å². The van der Waals surface area contributed by atoms with Crippen LogP contribution < -0.4 is 5.73 Å². The first kappa shape index (κ1) is 14.1. The number of halogens is 1. The lowest BCUT2D eigenvalue weighted by atomic mass is 9.89. The number of aromatic nitrogens is 2. The van der Waals surface area contributed by atoms with Gasteiger partial charge in [0, 0.05) is 9.89 Å². The minimum Gasteiger partial charge on any atom is -0.393 e. The average molecular weight is 347 g/mol. The third-order valence-corrected chi connectivity index (χ3v) is 4.16. The van der Waals surface area contributed by atoms with Gasteiger partial charge in [0.15, 0.2) is 0 Å². The summed E-state index contributed by atoms with van der Waals surface area (Å²) in [4.78, 5) is 3.56. The Hall–Kier alpha value is -1.84. The van der Waals surface area contributed by atoms with Crippen molar-refractivity contribution in [1.29, 1.82) is 0 Å². The molecule has 1 aromatic heterocycles. The van der Waals surface area contributed by atoms with Crippen LogP contribution in [-0.2, 0) is 11.3 Å². The van der Waals surface area contributed by atoms with Crippen LogP contribution in [0.4, 0.5) is 11.5 Å². The fraction of sp³-hybridized carbons (Fsp3) is 0.333. The predicted octanol–water partition coefficient (Wildman–Crippen LogP) is 3.48. The minimum absolute atomic E-state index is 0.0520. The summed E-state index contributed by atoms with van der Waals surface area (Å²) >= 11 is 3.41. The van der Waals surface area contributed by atoms with Crippen molar-refractivity contribution in [2.24, 2.45) is 5.41 Å². The molecular formula is C15H15BrN4O. The van der Waals surface area contributed by atoms with Crippen molar-refractivity contribution in [2.45, 2.75) is 13.5 Å². The first-order valence-corrected chi connectivity index (χ1v) is 7.39. The lowest BCUT2D eigenvalue weighted by Crippen LogP contribution is -2.43. The van der Waals surface area contributed by atoms with Crippen molar-refractivity contribution in [2.75, 3.05) is 18.9 Å². The van der Waals surface area contributed by atoms with Gasteiger partial charge in [-0.25, -0.2) is 4.85 Å². The fourth-order valence-electron chi connectivity index (χ4n) is 2.40. The fourth-order valence-corrected chi connectivity index (χ4v) is 2.67. The molecule has 0 unspecified atom stereocenters. The molecule has 0 atom stereocenters. The zero-order chi connectivity index (χ0) is 15.0. The van der Waals surface area contributed by atoms with E-state index in [9.17, 15) is 0 Å². The number of hydrogen-bond donors (Lipinski definition) is 1. The van der Waals surface area contributed by atoms with E-state index in [1.54, 1.807) is 4.68 Å². The molecule has 6 heteroatoms. The smallest absolute Gasteiger partial charge is 0.254 e. The van der Waals surface area contributed by atoms with E-state index in [2.05, 4.69) is 32.8 Å². The molecular weight excluding hydrogens is 332 g/mol. The highest BCUT2D eigenvalue weighted by molar-refractivity contribution is 9.10. The van der Waals surface area contributed by atoms with Gasteiger partial charge in [0.2, 0.25) is 0 Å². The van der Waals surface area contributed by atoms with Crippen molar-refractivity contribution in [3.05, 3.63) is 40.2 Å². The summed E-state index contributed by atoms with van der Waals surface area (Å²) in [6.07, 6.45) is 0. The van der Waals surface area contributed by atoms with E-state index in [1.165, 1.54) is 0 Å². The van der Waals surface area contributed by atoms with Crippen molar-refractivity contribution in [3.63, 3.8) is 0 Å². The topological polar surface area (TPSA) is 57.4 Å². The van der Waals surface area contributed by atoms with Crippen molar-refractivity contribution < 1.29 is 4.74 Å². The zero-order valence-electron chi connectivity index (χ0n) is 11.6. The predicted molar refractivity (Wildman–Crippen MR) is 85.0 cm³/mol. The van der Waals surface area contributed by atoms with Crippen LogP contribution in [0.3, 0.4) is 0 Å². The SMILES string of the molecule is [C-]#[N+]c1c(-c2ccc(Br)cc2)nn(CC2(C)COC2)c1N. The number of rotatable bonds is 3. The average Bonchev–Trinajstić information content (AvgIpc) is 2.74. The molecule has 1 fully saturated rings. The molecule has 0 saturated carbocycles. The maximum absolute atomic E-state index is 7.38. The lowest BCUT2D eigenvalue weighted by Gasteiger charge is -2.38. The van der Waals surface area contributed by atoms with Gasteiger partial charge >= 0.3 is 0 Å². The van der Waals surface area contributed by atoms with Crippen LogP contribution in [0.1, 0.15) is 6.92 Å². The van der Waals surface area contributed by atoms with E-state index >= 15 is 0 Å². The van der Waals surface area contributed by atoms with Crippen molar-refractivity contribution in [1.82, 2.24) is 9.78 Å². The number of nitrogen functional groups attached to an aromatic ring is 1. The van der Waals surface area contributed by atoms with Crippen molar-refractivity contribution in [3.8, 4) is 11.3 Å². The zero-order valence-corrected chi connectivity index (χ0v) is 13.2. The second-order valence-corrected chi connectivity index (χ2v) is 6.58. The van der Waals surface area contributed by atoms with Crippen LogP contribution in [0.2, 0.25) is 0 Å². The van der Waals surface area contributed by atoms with E-state index in [0.29, 0.717) is 37.0 Å². The highest BCUT2D eigenvalue weighted by atomic mass is 79.9. The van der Waals surface area contributed by atoms with Gasteiger partial charge in [0.1, 0.15) is 11.5 Å². The Morgan fingerprint density at radius 3 is 2.62 bits per heavy atom. The lowest BCUT2D eigenvalue weighted by molar-refractivity contribution is -0.111. The second-order valence-electron chi connectivity index (χ2n) is 5.66. The number of anilines is 1. The third kappa shape index (κ3) is 2.55. The summed E-state index contributed by atoms with van der Waals surface area (Å²) in [7, 11) is 0. The number of hydrogen-bond acceptors (Lipinski definition) is 3. The third-order valence-electron chi connectivity index (χ3n) is 3.63. The van der Waals surface area contributed by atoms with Crippen molar-refractivity contribution >= 4 is 27.4 Å². The summed E-state index contributed by atoms with van der Waals surface area (Å²) in [5.41, 5.74) is 8.11. The summed E-state index contributed by atoms with van der Waals surface area (Å²) in [6, 6.07) is 7.72. The van der Waals surface area contributed by atoms with E-state index in [-0.39, 0.29) is 5.41 Å². The van der Waals surface area contributed by atoms with Gasteiger partial charge in [-0.2, -0.15) is 5.10 Å². The molecule has 3 rings (SSSR count). The Kier molecular flexibility index (Phi) is 3.47. The molecule has 0 amide bonds. The maximum atomic E-state index is 7.38. The number of nitrogens with zero attached hydrogens (tertiary/aromatic N) is 3. The number of nitrogens with two attached hydrogens (primary N) is 1. The van der Waals surface area contributed by atoms with Crippen LogP contribution in [0.5, 0.6) is 0 Å². The van der Waals surface area contributed by atoms with E-state index in [0.717, 1.165) is 10.0 Å². The first-order chi connectivity index (χ1) is 10.0. The number of ether oxygens (including phenoxy) is 1. The van der Waals surface area contributed by atoms with E-state index in [4.69, 9.17) is 17.0 Å². The van der Waals surface area contributed by atoms with Gasteiger partial charge in [-0.3, -0.25) is 4.68 Å². The van der Waals surface area contributed by atoms with Gasteiger partial charge in [-0.1, -0.05) is 35.0 Å². The second kappa shape index (κ2) is 5.17. The first-order valence-electron chi connectivity index (χ1n) is 6.60. The van der Waals surface area contributed by atoms with Gasteiger partial charge in [-0.05, 0) is 17.7 Å². The molecule has 0 bridgehead atoms. The van der Waals surface area contributed by atoms with E-state index in [1.807, 2.05) is 24.3 Å². The molecule has 2 N–H and O–H groups in total.